The fraction of sp³-hybridized carbons (Fsp3) is 0.789. The van der Waals surface area contributed by atoms with Crippen molar-refractivity contribution in [1.29, 1.82) is 0 Å². The molecule has 0 bridgehead atoms. The van der Waals surface area contributed by atoms with Gasteiger partial charge >= 0.3 is 0 Å². The van der Waals surface area contributed by atoms with Gasteiger partial charge in [0.25, 0.3) is 0 Å². The van der Waals surface area contributed by atoms with Crippen molar-refractivity contribution < 1.29 is 4.74 Å². The Hall–Kier alpha value is -1.24. The molecule has 6 heteroatoms. The largest absolute Gasteiger partial charge is 0.379 e. The van der Waals surface area contributed by atoms with E-state index in [1.807, 2.05) is 12.4 Å². The highest BCUT2D eigenvalue weighted by Crippen LogP contribution is 2.21. The molecule has 1 aromatic rings. The predicted molar refractivity (Wildman–Crippen MR) is 98.8 cm³/mol. The Balaban J connectivity index is 1.35. The Labute approximate surface area is 151 Å². The lowest BCUT2D eigenvalue weighted by Crippen LogP contribution is -2.49. The Morgan fingerprint density at radius 2 is 1.64 bits per heavy atom. The molecule has 4 rings (SSSR count). The minimum atomic E-state index is 0.658. The van der Waals surface area contributed by atoms with Gasteiger partial charge in [-0.05, 0) is 32.2 Å². The van der Waals surface area contributed by atoms with Gasteiger partial charge in [0.1, 0.15) is 0 Å². The highest BCUT2D eigenvalue weighted by Gasteiger charge is 2.25. The van der Waals surface area contributed by atoms with Crippen LogP contribution < -0.4 is 4.90 Å². The molecular formula is C19H31N5O. The van der Waals surface area contributed by atoms with Gasteiger partial charge in [-0.2, -0.15) is 0 Å². The molecule has 3 fully saturated rings. The number of ether oxygens (including phenoxy) is 1. The molecule has 1 atom stereocenters. The van der Waals surface area contributed by atoms with Crippen molar-refractivity contribution in [2.45, 2.75) is 44.7 Å². The standard InChI is InChI=1S/C19H31N5O/c1-2-8-24(18(5-1)16-22-9-11-25-12-10-22)15-17-13-20-19(21-14-17)23-6-3-4-7-23/h13-14,18H,1-12,15-16H2/t18-/m1/s1. The molecule has 0 aromatic carbocycles. The monoisotopic (exact) mass is 345 g/mol. The number of likely N-dealkylation sites (tertiary alicyclic amines) is 1. The lowest BCUT2D eigenvalue weighted by Gasteiger charge is -2.39. The van der Waals surface area contributed by atoms with E-state index in [0.29, 0.717) is 6.04 Å². The Morgan fingerprint density at radius 3 is 2.40 bits per heavy atom. The van der Waals surface area contributed by atoms with Crippen LogP contribution in [0.1, 0.15) is 37.7 Å². The van der Waals surface area contributed by atoms with E-state index in [-0.39, 0.29) is 0 Å². The van der Waals surface area contributed by atoms with E-state index in [1.54, 1.807) is 0 Å². The minimum Gasteiger partial charge on any atom is -0.379 e. The molecular weight excluding hydrogens is 314 g/mol. The first-order chi connectivity index (χ1) is 12.4. The summed E-state index contributed by atoms with van der Waals surface area (Å²) in [7, 11) is 0. The van der Waals surface area contributed by atoms with Crippen LogP contribution in [0.25, 0.3) is 0 Å². The van der Waals surface area contributed by atoms with Crippen molar-refractivity contribution in [3.05, 3.63) is 18.0 Å². The average molecular weight is 345 g/mol. The number of piperidine rings is 1. The summed E-state index contributed by atoms with van der Waals surface area (Å²) >= 11 is 0. The smallest absolute Gasteiger partial charge is 0.225 e. The van der Waals surface area contributed by atoms with Gasteiger partial charge in [0.2, 0.25) is 5.95 Å². The van der Waals surface area contributed by atoms with E-state index >= 15 is 0 Å². The lowest BCUT2D eigenvalue weighted by molar-refractivity contribution is 0.0153. The van der Waals surface area contributed by atoms with Crippen LogP contribution in [-0.4, -0.2) is 78.3 Å². The van der Waals surface area contributed by atoms with Crippen molar-refractivity contribution in [2.24, 2.45) is 0 Å². The number of aromatic nitrogens is 2. The number of anilines is 1. The third kappa shape index (κ3) is 4.49. The Bertz CT molecular complexity index is 525. The highest BCUT2D eigenvalue weighted by atomic mass is 16.5. The summed E-state index contributed by atoms with van der Waals surface area (Å²) in [5.41, 5.74) is 1.25. The van der Waals surface area contributed by atoms with Crippen LogP contribution in [0.5, 0.6) is 0 Å². The zero-order chi connectivity index (χ0) is 16.9. The Morgan fingerprint density at radius 1 is 0.920 bits per heavy atom. The summed E-state index contributed by atoms with van der Waals surface area (Å²) in [6.07, 6.45) is 10.6. The molecule has 0 radical (unpaired) electrons. The van der Waals surface area contributed by atoms with Crippen LogP contribution in [0, 0.1) is 0 Å². The molecule has 3 saturated heterocycles. The second-order valence-electron chi connectivity index (χ2n) is 7.62. The first-order valence-corrected chi connectivity index (χ1v) is 9.98. The molecule has 6 nitrogen and oxygen atoms in total. The van der Waals surface area contributed by atoms with Gasteiger partial charge in [-0.25, -0.2) is 9.97 Å². The first-order valence-electron chi connectivity index (χ1n) is 9.98. The quantitative estimate of drug-likeness (QED) is 0.810. The van der Waals surface area contributed by atoms with Crippen LogP contribution in [-0.2, 0) is 11.3 Å². The number of hydrogen-bond acceptors (Lipinski definition) is 6. The van der Waals surface area contributed by atoms with Crippen LogP contribution >= 0.6 is 0 Å². The van der Waals surface area contributed by atoms with Crippen molar-refractivity contribution in [3.63, 3.8) is 0 Å². The summed E-state index contributed by atoms with van der Waals surface area (Å²) in [6, 6.07) is 0.658. The molecule has 1 aromatic heterocycles. The second kappa shape index (κ2) is 8.43. The third-order valence-corrected chi connectivity index (χ3v) is 5.79. The van der Waals surface area contributed by atoms with Gasteiger partial charge in [-0.1, -0.05) is 6.42 Å². The van der Waals surface area contributed by atoms with E-state index in [1.165, 1.54) is 50.8 Å². The third-order valence-electron chi connectivity index (χ3n) is 5.79. The van der Waals surface area contributed by atoms with Gasteiger partial charge < -0.3 is 9.64 Å². The second-order valence-corrected chi connectivity index (χ2v) is 7.62. The zero-order valence-corrected chi connectivity index (χ0v) is 15.3. The normalized spacial score (nSPS) is 26.2. The van der Waals surface area contributed by atoms with Gasteiger partial charge in [0.15, 0.2) is 0 Å². The number of rotatable bonds is 5. The summed E-state index contributed by atoms with van der Waals surface area (Å²) < 4.78 is 5.49. The van der Waals surface area contributed by atoms with Crippen molar-refractivity contribution in [1.82, 2.24) is 19.8 Å². The molecule has 0 unspecified atom stereocenters. The molecule has 25 heavy (non-hydrogen) atoms. The molecule has 0 spiro atoms. The topological polar surface area (TPSA) is 44.7 Å². The SMILES string of the molecule is c1nc(N2CCCC2)ncc1CN1CCCC[C@@H]1CN1CCOCC1. The van der Waals surface area contributed by atoms with E-state index in [2.05, 4.69) is 24.7 Å². The first kappa shape index (κ1) is 17.2. The fourth-order valence-electron chi connectivity index (χ4n) is 4.30. The van der Waals surface area contributed by atoms with Crippen LogP contribution in [0.2, 0.25) is 0 Å². The van der Waals surface area contributed by atoms with Crippen molar-refractivity contribution >= 4 is 5.95 Å². The van der Waals surface area contributed by atoms with Crippen molar-refractivity contribution in [3.8, 4) is 0 Å². The van der Waals surface area contributed by atoms with Gasteiger partial charge in [0, 0.05) is 63.3 Å². The van der Waals surface area contributed by atoms with Crippen LogP contribution in [0.4, 0.5) is 5.95 Å². The van der Waals surface area contributed by atoms with Gasteiger partial charge in [-0.15, -0.1) is 0 Å². The predicted octanol–water partition coefficient (Wildman–Crippen LogP) is 1.76. The maximum absolute atomic E-state index is 5.49. The molecule has 0 aliphatic carbocycles. The molecule has 4 heterocycles. The molecule has 0 saturated carbocycles. The summed E-state index contributed by atoms with van der Waals surface area (Å²) in [5.74, 6) is 0.907. The van der Waals surface area contributed by atoms with Crippen molar-refractivity contribution in [2.75, 3.05) is 57.4 Å². The van der Waals surface area contributed by atoms with Gasteiger partial charge in [0.05, 0.1) is 13.2 Å². The van der Waals surface area contributed by atoms with Gasteiger partial charge in [-0.3, -0.25) is 9.80 Å². The van der Waals surface area contributed by atoms with Crippen LogP contribution in [0.15, 0.2) is 12.4 Å². The van der Waals surface area contributed by atoms with E-state index in [4.69, 9.17) is 4.74 Å². The van der Waals surface area contributed by atoms with E-state index in [9.17, 15) is 0 Å². The lowest BCUT2D eigenvalue weighted by atomic mass is 10.0. The number of nitrogens with zero attached hydrogens (tertiary/aromatic N) is 5. The molecule has 3 aliphatic heterocycles. The van der Waals surface area contributed by atoms with Crippen LogP contribution in [0.3, 0.4) is 0 Å². The molecule has 3 aliphatic rings. The number of hydrogen-bond donors (Lipinski definition) is 0. The summed E-state index contributed by atoms with van der Waals surface area (Å²) in [5, 5.41) is 0. The van der Waals surface area contributed by atoms with E-state index < -0.39 is 0 Å². The summed E-state index contributed by atoms with van der Waals surface area (Å²) in [4.78, 5) is 16.8. The molecule has 138 valence electrons. The zero-order valence-electron chi connectivity index (χ0n) is 15.3. The summed E-state index contributed by atoms with van der Waals surface area (Å²) in [6.45, 7) is 9.50. The maximum Gasteiger partial charge on any atom is 0.225 e. The number of morpholine rings is 1. The highest BCUT2D eigenvalue weighted by molar-refractivity contribution is 5.30. The molecule has 0 amide bonds. The average Bonchev–Trinajstić information content (AvgIpc) is 3.20. The fourth-order valence-corrected chi connectivity index (χ4v) is 4.30. The Kier molecular flexibility index (Phi) is 5.79. The molecule has 0 N–H and O–H groups in total. The maximum atomic E-state index is 5.49. The minimum absolute atomic E-state index is 0.658. The van der Waals surface area contributed by atoms with E-state index in [0.717, 1.165) is 51.9 Å².